The molecule has 0 aliphatic carbocycles. The predicted octanol–water partition coefficient (Wildman–Crippen LogP) is 3.40. The molecule has 3 N–H and O–H groups in total. The summed E-state index contributed by atoms with van der Waals surface area (Å²) in [5.74, 6) is -0.221. The summed E-state index contributed by atoms with van der Waals surface area (Å²) in [6, 6.07) is 15.7. The van der Waals surface area contributed by atoms with Gasteiger partial charge in [-0.05, 0) is 30.5 Å². The molecule has 0 aliphatic rings. The summed E-state index contributed by atoms with van der Waals surface area (Å²) in [5.41, 5.74) is 4.36. The van der Waals surface area contributed by atoms with Crippen LogP contribution in [0.5, 0.6) is 0 Å². The molecule has 0 aliphatic heterocycles. The molecule has 0 saturated carbocycles. The number of aromatic nitrogens is 1. The number of carbonyl (C=O) groups excluding carboxylic acids is 2. The zero-order chi connectivity index (χ0) is 19.2. The van der Waals surface area contributed by atoms with E-state index in [1.54, 1.807) is 0 Å². The molecule has 0 saturated heterocycles. The number of rotatable bonds is 7. The van der Waals surface area contributed by atoms with Crippen molar-refractivity contribution >= 4 is 22.7 Å². The third-order valence-electron chi connectivity index (χ3n) is 4.64. The minimum Gasteiger partial charge on any atom is -0.361 e. The molecule has 2 amide bonds. The Morgan fingerprint density at radius 3 is 2.56 bits per heavy atom. The van der Waals surface area contributed by atoms with Gasteiger partial charge in [0.2, 0.25) is 11.8 Å². The van der Waals surface area contributed by atoms with Crippen LogP contribution in [0.1, 0.15) is 36.1 Å². The fourth-order valence-electron chi connectivity index (χ4n) is 3.23. The molecular formula is C22H25N3O2. The zero-order valence-electron chi connectivity index (χ0n) is 15.7. The maximum absolute atomic E-state index is 12.4. The number of para-hydroxylation sites is 1. The van der Waals surface area contributed by atoms with E-state index in [4.69, 9.17) is 0 Å². The summed E-state index contributed by atoms with van der Waals surface area (Å²) in [4.78, 5) is 27.2. The second kappa shape index (κ2) is 8.54. The monoisotopic (exact) mass is 363 g/mol. The molecule has 3 rings (SSSR count). The quantitative estimate of drug-likeness (QED) is 0.602. The van der Waals surface area contributed by atoms with Gasteiger partial charge in [0, 0.05) is 30.6 Å². The lowest BCUT2D eigenvalue weighted by Crippen LogP contribution is -2.33. The van der Waals surface area contributed by atoms with Crippen LogP contribution in [0.4, 0.5) is 0 Å². The van der Waals surface area contributed by atoms with Gasteiger partial charge in [0.05, 0.1) is 12.5 Å². The van der Waals surface area contributed by atoms with Crippen molar-refractivity contribution in [1.29, 1.82) is 0 Å². The Labute approximate surface area is 159 Å². The summed E-state index contributed by atoms with van der Waals surface area (Å²) in [7, 11) is 0. The first kappa shape index (κ1) is 18.7. The normalized spacial score (nSPS) is 11.9. The topological polar surface area (TPSA) is 74.0 Å². The van der Waals surface area contributed by atoms with E-state index in [0.717, 1.165) is 23.1 Å². The van der Waals surface area contributed by atoms with Gasteiger partial charge in [0.25, 0.3) is 0 Å². The predicted molar refractivity (Wildman–Crippen MR) is 107 cm³/mol. The van der Waals surface area contributed by atoms with Crippen LogP contribution in [0.25, 0.3) is 10.9 Å². The van der Waals surface area contributed by atoms with Crippen molar-refractivity contribution in [3.05, 3.63) is 71.4 Å². The number of hydrogen-bond donors (Lipinski definition) is 3. The smallest absolute Gasteiger partial charge is 0.222 e. The van der Waals surface area contributed by atoms with Crippen molar-refractivity contribution in [2.45, 2.75) is 32.7 Å². The van der Waals surface area contributed by atoms with Gasteiger partial charge in [-0.3, -0.25) is 9.59 Å². The van der Waals surface area contributed by atoms with Crippen LogP contribution in [0, 0.1) is 6.92 Å². The lowest BCUT2D eigenvalue weighted by Gasteiger charge is -2.18. The Hall–Kier alpha value is -3.08. The molecule has 0 fully saturated rings. The Balaban J connectivity index is 1.57. The highest BCUT2D eigenvalue weighted by Crippen LogP contribution is 2.19. The fraction of sp³-hybridized carbons (Fsp3) is 0.273. The molecule has 140 valence electrons. The van der Waals surface area contributed by atoms with Crippen LogP contribution in [-0.4, -0.2) is 23.3 Å². The number of aryl methyl sites for hydroxylation is 1. The van der Waals surface area contributed by atoms with Crippen molar-refractivity contribution in [2.24, 2.45) is 0 Å². The first-order valence-corrected chi connectivity index (χ1v) is 9.18. The Kier molecular flexibility index (Phi) is 5.91. The molecule has 1 atom stereocenters. The maximum Gasteiger partial charge on any atom is 0.222 e. The first-order valence-electron chi connectivity index (χ1n) is 9.18. The molecule has 5 nitrogen and oxygen atoms in total. The van der Waals surface area contributed by atoms with Crippen LogP contribution in [0.3, 0.4) is 0 Å². The largest absolute Gasteiger partial charge is 0.361 e. The van der Waals surface area contributed by atoms with Gasteiger partial charge in [-0.25, -0.2) is 0 Å². The standard InChI is InChI=1S/C22H25N3O2/c1-15-7-9-17(10-8-15)21(25-16(2)26)13-22(27)23-12-11-18-14-24-20-6-4-3-5-19(18)20/h3-10,14,21,24H,11-13H2,1-2H3,(H,23,27)(H,25,26). The van der Waals surface area contributed by atoms with Crippen molar-refractivity contribution in [2.75, 3.05) is 6.54 Å². The van der Waals surface area contributed by atoms with E-state index in [9.17, 15) is 9.59 Å². The van der Waals surface area contributed by atoms with E-state index in [1.807, 2.05) is 55.6 Å². The van der Waals surface area contributed by atoms with Crippen LogP contribution >= 0.6 is 0 Å². The van der Waals surface area contributed by atoms with Crippen LogP contribution in [0.2, 0.25) is 0 Å². The van der Waals surface area contributed by atoms with E-state index < -0.39 is 0 Å². The zero-order valence-corrected chi connectivity index (χ0v) is 15.7. The Morgan fingerprint density at radius 1 is 1.07 bits per heavy atom. The number of amides is 2. The minimum absolute atomic E-state index is 0.0748. The highest BCUT2D eigenvalue weighted by Gasteiger charge is 2.17. The van der Waals surface area contributed by atoms with Crippen molar-refractivity contribution < 1.29 is 9.59 Å². The van der Waals surface area contributed by atoms with Crippen LogP contribution < -0.4 is 10.6 Å². The van der Waals surface area contributed by atoms with Crippen molar-refractivity contribution in [3.63, 3.8) is 0 Å². The fourth-order valence-corrected chi connectivity index (χ4v) is 3.23. The molecule has 1 heterocycles. The molecular weight excluding hydrogens is 338 g/mol. The average molecular weight is 363 g/mol. The lowest BCUT2D eigenvalue weighted by molar-refractivity contribution is -0.122. The van der Waals surface area contributed by atoms with Gasteiger partial charge in [-0.1, -0.05) is 48.0 Å². The second-order valence-electron chi connectivity index (χ2n) is 6.83. The highest BCUT2D eigenvalue weighted by atomic mass is 16.2. The second-order valence-corrected chi connectivity index (χ2v) is 6.83. The molecule has 1 aromatic heterocycles. The molecule has 1 unspecified atom stereocenters. The number of carbonyl (C=O) groups is 2. The molecule has 27 heavy (non-hydrogen) atoms. The number of aromatic amines is 1. The summed E-state index contributed by atoms with van der Waals surface area (Å²) in [5, 5.41) is 7.02. The van der Waals surface area contributed by atoms with E-state index >= 15 is 0 Å². The van der Waals surface area contributed by atoms with Crippen molar-refractivity contribution in [3.8, 4) is 0 Å². The van der Waals surface area contributed by atoms with Gasteiger partial charge in [0.1, 0.15) is 0 Å². The average Bonchev–Trinajstić information content (AvgIpc) is 3.05. The number of hydrogen-bond acceptors (Lipinski definition) is 2. The third-order valence-corrected chi connectivity index (χ3v) is 4.64. The van der Waals surface area contributed by atoms with Gasteiger partial charge < -0.3 is 15.6 Å². The molecule has 5 heteroatoms. The third kappa shape index (κ3) is 4.97. The van der Waals surface area contributed by atoms with Gasteiger partial charge >= 0.3 is 0 Å². The summed E-state index contributed by atoms with van der Waals surface area (Å²) in [6.45, 7) is 4.03. The first-order chi connectivity index (χ1) is 13.0. The van der Waals surface area contributed by atoms with E-state index in [1.165, 1.54) is 17.9 Å². The highest BCUT2D eigenvalue weighted by molar-refractivity contribution is 5.83. The number of nitrogens with one attached hydrogen (secondary N) is 3. The van der Waals surface area contributed by atoms with Crippen molar-refractivity contribution in [1.82, 2.24) is 15.6 Å². The molecule has 3 aromatic rings. The number of benzene rings is 2. The van der Waals surface area contributed by atoms with E-state index in [-0.39, 0.29) is 24.3 Å². The SMILES string of the molecule is CC(=O)NC(CC(=O)NCCc1c[nH]c2ccccc12)c1ccc(C)cc1. The van der Waals surface area contributed by atoms with Crippen LogP contribution in [0.15, 0.2) is 54.7 Å². The molecule has 0 spiro atoms. The van der Waals surface area contributed by atoms with Gasteiger partial charge in [-0.2, -0.15) is 0 Å². The van der Waals surface area contributed by atoms with E-state index in [2.05, 4.69) is 21.7 Å². The van der Waals surface area contributed by atoms with Gasteiger partial charge in [-0.15, -0.1) is 0 Å². The Morgan fingerprint density at radius 2 is 1.81 bits per heavy atom. The lowest BCUT2D eigenvalue weighted by atomic mass is 10.0. The Bertz CT molecular complexity index is 928. The number of H-pyrrole nitrogens is 1. The number of fused-ring (bicyclic) bond motifs is 1. The summed E-state index contributed by atoms with van der Waals surface area (Å²) in [6.07, 6.45) is 2.96. The van der Waals surface area contributed by atoms with Gasteiger partial charge in [0.15, 0.2) is 0 Å². The minimum atomic E-state index is -0.323. The maximum atomic E-state index is 12.4. The molecule has 2 aromatic carbocycles. The summed E-state index contributed by atoms with van der Waals surface area (Å²) < 4.78 is 0. The summed E-state index contributed by atoms with van der Waals surface area (Å²) >= 11 is 0. The van der Waals surface area contributed by atoms with E-state index in [0.29, 0.717) is 6.54 Å². The molecule has 0 radical (unpaired) electrons. The van der Waals surface area contributed by atoms with Crippen LogP contribution in [-0.2, 0) is 16.0 Å². The molecule has 0 bridgehead atoms.